The van der Waals surface area contributed by atoms with Crippen molar-refractivity contribution in [2.75, 3.05) is 11.9 Å². The van der Waals surface area contributed by atoms with Gasteiger partial charge in [0.15, 0.2) is 5.82 Å². The summed E-state index contributed by atoms with van der Waals surface area (Å²) >= 11 is 0. The smallest absolute Gasteiger partial charge is 0.225 e. The molecule has 0 aliphatic carbocycles. The van der Waals surface area contributed by atoms with Crippen LogP contribution in [-0.4, -0.2) is 27.3 Å². The standard InChI is InChI=1S/C22H26N4O2/c1-22(2,3)18-16-20(26(25-18)19-12-7-8-14-23-19)24-21(27)13-9-15-28-17-10-5-4-6-11-17/h4-8,10-12,14,16H,9,13,15H2,1-3H3,(H,24,27). The Morgan fingerprint density at radius 1 is 1.11 bits per heavy atom. The van der Waals surface area contributed by atoms with Gasteiger partial charge in [-0.05, 0) is 30.7 Å². The van der Waals surface area contributed by atoms with Gasteiger partial charge in [0.2, 0.25) is 5.91 Å². The summed E-state index contributed by atoms with van der Waals surface area (Å²) in [5, 5.41) is 7.62. The van der Waals surface area contributed by atoms with Crippen molar-refractivity contribution >= 4 is 11.7 Å². The number of para-hydroxylation sites is 1. The third-order valence-corrected chi connectivity index (χ3v) is 4.17. The van der Waals surface area contributed by atoms with E-state index in [0.717, 1.165) is 11.4 Å². The molecule has 0 saturated heterocycles. The van der Waals surface area contributed by atoms with Crippen LogP contribution in [0.2, 0.25) is 0 Å². The largest absolute Gasteiger partial charge is 0.494 e. The Bertz CT molecular complexity index is 899. The fourth-order valence-corrected chi connectivity index (χ4v) is 2.64. The molecule has 0 atom stereocenters. The van der Waals surface area contributed by atoms with E-state index in [1.54, 1.807) is 10.9 Å². The summed E-state index contributed by atoms with van der Waals surface area (Å²) in [4.78, 5) is 16.8. The summed E-state index contributed by atoms with van der Waals surface area (Å²) in [6.07, 6.45) is 2.70. The fourth-order valence-electron chi connectivity index (χ4n) is 2.64. The van der Waals surface area contributed by atoms with Gasteiger partial charge in [0.25, 0.3) is 0 Å². The Labute approximate surface area is 165 Å². The molecule has 2 aromatic heterocycles. The summed E-state index contributed by atoms with van der Waals surface area (Å²) < 4.78 is 7.32. The molecule has 28 heavy (non-hydrogen) atoms. The second-order valence-corrected chi connectivity index (χ2v) is 7.58. The topological polar surface area (TPSA) is 69.0 Å². The minimum absolute atomic E-state index is 0.0748. The lowest BCUT2D eigenvalue weighted by atomic mass is 9.92. The number of hydrogen-bond acceptors (Lipinski definition) is 4. The molecule has 1 amide bonds. The van der Waals surface area contributed by atoms with Gasteiger partial charge < -0.3 is 10.1 Å². The number of benzene rings is 1. The molecule has 0 radical (unpaired) electrons. The predicted octanol–water partition coefficient (Wildman–Crippen LogP) is 4.36. The number of ether oxygens (including phenoxy) is 1. The van der Waals surface area contributed by atoms with Crippen molar-refractivity contribution in [1.29, 1.82) is 0 Å². The van der Waals surface area contributed by atoms with Gasteiger partial charge in [-0.25, -0.2) is 4.98 Å². The van der Waals surface area contributed by atoms with Crippen LogP contribution in [0.5, 0.6) is 5.75 Å². The maximum Gasteiger partial charge on any atom is 0.225 e. The number of carbonyl (C=O) groups excluding carboxylic acids is 1. The molecule has 0 bridgehead atoms. The van der Waals surface area contributed by atoms with E-state index in [9.17, 15) is 4.79 Å². The van der Waals surface area contributed by atoms with Crippen LogP contribution in [0.1, 0.15) is 39.3 Å². The Hall–Kier alpha value is -3.15. The lowest BCUT2D eigenvalue weighted by Crippen LogP contribution is -2.16. The maximum atomic E-state index is 12.4. The van der Waals surface area contributed by atoms with Crippen LogP contribution in [0.15, 0.2) is 60.8 Å². The zero-order chi connectivity index (χ0) is 20.0. The zero-order valence-electron chi connectivity index (χ0n) is 16.6. The zero-order valence-corrected chi connectivity index (χ0v) is 16.6. The lowest BCUT2D eigenvalue weighted by molar-refractivity contribution is -0.116. The molecule has 0 spiro atoms. The van der Waals surface area contributed by atoms with Crippen molar-refractivity contribution in [2.45, 2.75) is 39.0 Å². The van der Waals surface area contributed by atoms with Crippen LogP contribution in [0.25, 0.3) is 5.82 Å². The van der Waals surface area contributed by atoms with E-state index in [4.69, 9.17) is 4.74 Å². The molecule has 0 fully saturated rings. The second kappa shape index (κ2) is 8.69. The van der Waals surface area contributed by atoms with Gasteiger partial charge >= 0.3 is 0 Å². The van der Waals surface area contributed by atoms with Crippen molar-refractivity contribution in [2.24, 2.45) is 0 Å². The Morgan fingerprint density at radius 2 is 1.86 bits per heavy atom. The highest BCUT2D eigenvalue weighted by Crippen LogP contribution is 2.25. The van der Waals surface area contributed by atoms with Crippen LogP contribution >= 0.6 is 0 Å². The molecule has 146 valence electrons. The molecule has 3 aromatic rings. The van der Waals surface area contributed by atoms with Crippen LogP contribution in [0.4, 0.5) is 5.82 Å². The van der Waals surface area contributed by atoms with Crippen molar-refractivity contribution in [3.05, 3.63) is 66.5 Å². The number of amides is 1. The summed E-state index contributed by atoms with van der Waals surface area (Å²) in [6.45, 7) is 6.75. The number of anilines is 1. The van der Waals surface area contributed by atoms with E-state index in [2.05, 4.69) is 36.2 Å². The minimum Gasteiger partial charge on any atom is -0.494 e. The highest BCUT2D eigenvalue weighted by Gasteiger charge is 2.21. The molecule has 2 heterocycles. The number of rotatable bonds is 7. The first kappa shape index (κ1) is 19.6. The van der Waals surface area contributed by atoms with Crippen molar-refractivity contribution in [1.82, 2.24) is 14.8 Å². The first-order valence-corrected chi connectivity index (χ1v) is 9.43. The number of carbonyl (C=O) groups is 1. The van der Waals surface area contributed by atoms with Crippen molar-refractivity contribution < 1.29 is 9.53 Å². The third-order valence-electron chi connectivity index (χ3n) is 4.17. The highest BCUT2D eigenvalue weighted by molar-refractivity contribution is 5.90. The van der Waals surface area contributed by atoms with E-state index in [1.807, 2.05) is 54.6 Å². The third kappa shape index (κ3) is 5.19. The van der Waals surface area contributed by atoms with E-state index < -0.39 is 0 Å². The van der Waals surface area contributed by atoms with E-state index in [-0.39, 0.29) is 11.3 Å². The maximum absolute atomic E-state index is 12.4. The molecule has 3 rings (SSSR count). The first-order chi connectivity index (χ1) is 13.4. The number of nitrogens with zero attached hydrogens (tertiary/aromatic N) is 3. The molecule has 6 nitrogen and oxygen atoms in total. The second-order valence-electron chi connectivity index (χ2n) is 7.58. The lowest BCUT2D eigenvalue weighted by Gasteiger charge is -2.13. The van der Waals surface area contributed by atoms with Crippen LogP contribution in [0.3, 0.4) is 0 Å². The number of hydrogen-bond donors (Lipinski definition) is 1. The van der Waals surface area contributed by atoms with Gasteiger partial charge in [0, 0.05) is 24.1 Å². The van der Waals surface area contributed by atoms with E-state index in [1.165, 1.54) is 0 Å². The molecule has 6 heteroatoms. The molecular weight excluding hydrogens is 352 g/mol. The van der Waals surface area contributed by atoms with Gasteiger partial charge in [-0.15, -0.1) is 0 Å². The first-order valence-electron chi connectivity index (χ1n) is 9.43. The minimum atomic E-state index is -0.136. The number of aromatic nitrogens is 3. The molecule has 0 unspecified atom stereocenters. The Morgan fingerprint density at radius 3 is 2.54 bits per heavy atom. The Balaban J connectivity index is 1.63. The van der Waals surface area contributed by atoms with Crippen molar-refractivity contribution in [3.63, 3.8) is 0 Å². The number of pyridine rings is 1. The monoisotopic (exact) mass is 378 g/mol. The SMILES string of the molecule is CC(C)(C)c1cc(NC(=O)CCCOc2ccccc2)n(-c2ccccn2)n1. The van der Waals surface area contributed by atoms with Crippen LogP contribution < -0.4 is 10.1 Å². The molecule has 1 aromatic carbocycles. The van der Waals surface area contributed by atoms with Crippen LogP contribution in [0, 0.1) is 0 Å². The van der Waals surface area contributed by atoms with Gasteiger partial charge in [0.05, 0.1) is 12.3 Å². The average Bonchev–Trinajstić information content (AvgIpc) is 3.11. The van der Waals surface area contributed by atoms with E-state index in [0.29, 0.717) is 31.1 Å². The summed E-state index contributed by atoms with van der Waals surface area (Å²) in [6, 6.07) is 17.1. The normalized spacial score (nSPS) is 11.2. The van der Waals surface area contributed by atoms with Gasteiger partial charge in [0.1, 0.15) is 11.6 Å². The summed E-state index contributed by atoms with van der Waals surface area (Å²) in [5.74, 6) is 2.03. The number of nitrogens with one attached hydrogen (secondary N) is 1. The van der Waals surface area contributed by atoms with Crippen molar-refractivity contribution in [3.8, 4) is 11.6 Å². The fraction of sp³-hybridized carbons (Fsp3) is 0.318. The average molecular weight is 378 g/mol. The summed E-state index contributed by atoms with van der Waals surface area (Å²) in [7, 11) is 0. The Kier molecular flexibility index (Phi) is 6.09. The predicted molar refractivity (Wildman–Crippen MR) is 110 cm³/mol. The van der Waals surface area contributed by atoms with Gasteiger partial charge in [-0.2, -0.15) is 9.78 Å². The molecule has 1 N–H and O–H groups in total. The quantitative estimate of drug-likeness (QED) is 0.620. The van der Waals surface area contributed by atoms with Crippen LogP contribution in [-0.2, 0) is 10.2 Å². The summed E-state index contributed by atoms with van der Waals surface area (Å²) in [5.41, 5.74) is 0.754. The molecule has 0 aliphatic heterocycles. The van der Waals surface area contributed by atoms with E-state index >= 15 is 0 Å². The molecular formula is C22H26N4O2. The van der Waals surface area contributed by atoms with Gasteiger partial charge in [-0.1, -0.05) is 45.0 Å². The molecule has 0 saturated carbocycles. The van der Waals surface area contributed by atoms with Gasteiger partial charge in [-0.3, -0.25) is 4.79 Å². The highest BCUT2D eigenvalue weighted by atomic mass is 16.5. The molecule has 0 aliphatic rings.